The number of hydrogen-bond acceptors (Lipinski definition) is 5. The van der Waals surface area contributed by atoms with Crippen LogP contribution in [0.15, 0.2) is 72.8 Å². The van der Waals surface area contributed by atoms with Crippen molar-refractivity contribution in [2.75, 3.05) is 26.7 Å². The number of likely N-dealkylation sites (tertiary alicyclic amines) is 1. The number of aliphatic hydroxyl groups is 1. The van der Waals surface area contributed by atoms with Gasteiger partial charge in [-0.05, 0) is 71.9 Å². The van der Waals surface area contributed by atoms with Crippen LogP contribution in [0.3, 0.4) is 0 Å². The van der Waals surface area contributed by atoms with Crippen molar-refractivity contribution in [2.45, 2.75) is 31.5 Å². The summed E-state index contributed by atoms with van der Waals surface area (Å²) in [6, 6.07) is 21.3. The van der Waals surface area contributed by atoms with Crippen LogP contribution in [0.2, 0.25) is 5.02 Å². The van der Waals surface area contributed by atoms with Crippen molar-refractivity contribution in [1.82, 2.24) is 4.90 Å². The quantitative estimate of drug-likeness (QED) is 0.444. The Labute approximate surface area is 216 Å². The highest BCUT2D eigenvalue weighted by Gasteiger charge is 2.33. The molecule has 0 saturated carbocycles. The number of methoxy groups -OCH3 is 1. The fourth-order valence-corrected chi connectivity index (χ4v) is 5.25. The summed E-state index contributed by atoms with van der Waals surface area (Å²) in [5.41, 5.74) is 4.97. The van der Waals surface area contributed by atoms with Crippen LogP contribution < -0.4 is 4.74 Å². The van der Waals surface area contributed by atoms with Gasteiger partial charge in [0.05, 0.1) is 18.3 Å². The summed E-state index contributed by atoms with van der Waals surface area (Å²) in [7, 11) is 1.38. The van der Waals surface area contributed by atoms with E-state index in [0.29, 0.717) is 35.8 Å². The Balaban J connectivity index is 1.32. The van der Waals surface area contributed by atoms with Crippen LogP contribution >= 0.6 is 11.6 Å². The number of rotatable bonds is 5. The standard InChI is InChI=1S/C30H30ClNO4/c1-35-29(33)21-8-13-27-26(25-6-3-2-5-22(25)20-36-28(27)19-21)7-4-16-32-17-14-30(34,15-18-32)23-9-11-24(31)12-10-23/h2-3,5-13,19,34H,4,14-18,20H2,1H3/b26-7+. The first kappa shape index (κ1) is 24.6. The third-order valence-corrected chi connectivity index (χ3v) is 7.49. The van der Waals surface area contributed by atoms with Crippen molar-refractivity contribution < 1.29 is 19.4 Å². The van der Waals surface area contributed by atoms with E-state index in [4.69, 9.17) is 21.1 Å². The smallest absolute Gasteiger partial charge is 0.337 e. The van der Waals surface area contributed by atoms with Crippen LogP contribution in [0.4, 0.5) is 0 Å². The highest BCUT2D eigenvalue weighted by atomic mass is 35.5. The molecule has 0 radical (unpaired) electrons. The summed E-state index contributed by atoms with van der Waals surface area (Å²) in [6.45, 7) is 3.02. The second-order valence-corrected chi connectivity index (χ2v) is 9.87. The van der Waals surface area contributed by atoms with E-state index in [2.05, 4.69) is 23.1 Å². The molecule has 186 valence electrons. The highest BCUT2D eigenvalue weighted by molar-refractivity contribution is 6.30. The highest BCUT2D eigenvalue weighted by Crippen LogP contribution is 2.38. The molecule has 0 unspecified atom stereocenters. The van der Waals surface area contributed by atoms with Gasteiger partial charge in [0.1, 0.15) is 12.4 Å². The van der Waals surface area contributed by atoms with Gasteiger partial charge in [-0.25, -0.2) is 4.79 Å². The van der Waals surface area contributed by atoms with Gasteiger partial charge in [-0.15, -0.1) is 0 Å². The number of ether oxygens (including phenoxy) is 2. The van der Waals surface area contributed by atoms with Crippen LogP contribution in [0.25, 0.3) is 5.57 Å². The van der Waals surface area contributed by atoms with Crippen molar-refractivity contribution in [1.29, 1.82) is 0 Å². The van der Waals surface area contributed by atoms with E-state index in [-0.39, 0.29) is 5.97 Å². The number of nitrogens with zero attached hydrogens (tertiary/aromatic N) is 1. The van der Waals surface area contributed by atoms with Crippen molar-refractivity contribution in [3.63, 3.8) is 0 Å². The van der Waals surface area contributed by atoms with Crippen LogP contribution in [-0.2, 0) is 16.9 Å². The monoisotopic (exact) mass is 503 g/mol. The minimum absolute atomic E-state index is 0.377. The number of benzene rings is 3. The molecule has 3 aromatic rings. The lowest BCUT2D eigenvalue weighted by Crippen LogP contribution is -2.42. The summed E-state index contributed by atoms with van der Waals surface area (Å²) >= 11 is 6.02. The number of esters is 1. The fraction of sp³-hybridized carbons (Fsp3) is 0.300. The van der Waals surface area contributed by atoms with E-state index in [1.807, 2.05) is 42.5 Å². The van der Waals surface area contributed by atoms with Gasteiger partial charge in [-0.2, -0.15) is 0 Å². The molecule has 0 bridgehead atoms. The molecular weight excluding hydrogens is 474 g/mol. The van der Waals surface area contributed by atoms with E-state index in [0.717, 1.165) is 53.9 Å². The maximum absolute atomic E-state index is 12.1. The van der Waals surface area contributed by atoms with Gasteiger partial charge < -0.3 is 19.5 Å². The zero-order valence-electron chi connectivity index (χ0n) is 20.4. The van der Waals surface area contributed by atoms with E-state index in [9.17, 15) is 9.90 Å². The Kier molecular flexibility index (Phi) is 7.15. The third-order valence-electron chi connectivity index (χ3n) is 7.24. The zero-order valence-corrected chi connectivity index (χ0v) is 21.1. The van der Waals surface area contributed by atoms with Crippen molar-refractivity contribution >= 4 is 23.1 Å². The maximum atomic E-state index is 12.1. The second-order valence-electron chi connectivity index (χ2n) is 9.43. The summed E-state index contributed by atoms with van der Waals surface area (Å²) in [6.07, 6.45) is 4.52. The predicted molar refractivity (Wildman–Crippen MR) is 141 cm³/mol. The van der Waals surface area contributed by atoms with E-state index >= 15 is 0 Å². The molecule has 3 aromatic carbocycles. The van der Waals surface area contributed by atoms with Crippen LogP contribution in [0.5, 0.6) is 5.75 Å². The molecule has 5 nitrogen and oxygen atoms in total. The van der Waals surface area contributed by atoms with Gasteiger partial charge >= 0.3 is 5.97 Å². The van der Waals surface area contributed by atoms with E-state index in [1.165, 1.54) is 7.11 Å². The van der Waals surface area contributed by atoms with Gasteiger partial charge in [-0.3, -0.25) is 0 Å². The molecule has 0 aromatic heterocycles. The molecular formula is C30H30ClNO4. The number of piperidine rings is 1. The van der Waals surface area contributed by atoms with Crippen molar-refractivity contribution in [3.05, 3.63) is 106 Å². The summed E-state index contributed by atoms with van der Waals surface area (Å²) in [5.74, 6) is 0.309. The molecule has 36 heavy (non-hydrogen) atoms. The van der Waals surface area contributed by atoms with Crippen LogP contribution in [-0.4, -0.2) is 42.7 Å². The lowest BCUT2D eigenvalue weighted by Gasteiger charge is -2.38. The van der Waals surface area contributed by atoms with Gasteiger partial charge in [0, 0.05) is 30.2 Å². The van der Waals surface area contributed by atoms with Crippen LogP contribution in [0, 0.1) is 0 Å². The SMILES string of the molecule is COC(=O)c1ccc2c(c1)OCc1ccccc1/C2=C\CCN1CCC(O)(c2ccc(Cl)cc2)CC1. The van der Waals surface area contributed by atoms with Gasteiger partial charge in [-0.1, -0.05) is 54.1 Å². The molecule has 1 saturated heterocycles. The second kappa shape index (κ2) is 10.5. The average molecular weight is 504 g/mol. The first-order valence-electron chi connectivity index (χ1n) is 12.3. The zero-order chi connectivity index (χ0) is 25.1. The molecule has 2 aliphatic heterocycles. The molecule has 1 fully saturated rings. The minimum Gasteiger partial charge on any atom is -0.488 e. The Bertz CT molecular complexity index is 1280. The molecule has 0 spiro atoms. The van der Waals surface area contributed by atoms with E-state index in [1.54, 1.807) is 12.1 Å². The normalized spacial score (nSPS) is 18.0. The lowest BCUT2D eigenvalue weighted by atomic mass is 9.84. The Hall–Kier alpha value is -3.12. The Morgan fingerprint density at radius 1 is 1.08 bits per heavy atom. The molecule has 2 aliphatic rings. The topological polar surface area (TPSA) is 59.0 Å². The average Bonchev–Trinajstić information content (AvgIpc) is 3.06. The Morgan fingerprint density at radius 2 is 1.83 bits per heavy atom. The number of carbonyl (C=O) groups is 1. The first-order valence-corrected chi connectivity index (χ1v) is 12.7. The molecule has 0 aliphatic carbocycles. The largest absolute Gasteiger partial charge is 0.488 e. The maximum Gasteiger partial charge on any atom is 0.337 e. The molecule has 6 heteroatoms. The number of hydrogen-bond donors (Lipinski definition) is 1. The lowest BCUT2D eigenvalue weighted by molar-refractivity contribution is -0.0254. The van der Waals surface area contributed by atoms with Crippen molar-refractivity contribution in [3.8, 4) is 5.75 Å². The summed E-state index contributed by atoms with van der Waals surface area (Å²) in [4.78, 5) is 14.5. The molecule has 0 atom stereocenters. The van der Waals surface area contributed by atoms with E-state index < -0.39 is 5.60 Å². The first-order chi connectivity index (χ1) is 17.5. The number of carbonyl (C=O) groups excluding carboxylic acids is 1. The Morgan fingerprint density at radius 3 is 2.58 bits per heavy atom. The third kappa shape index (κ3) is 5.05. The minimum atomic E-state index is -0.798. The molecule has 2 heterocycles. The number of fused-ring (bicyclic) bond motifs is 2. The van der Waals surface area contributed by atoms with Gasteiger partial charge in [0.2, 0.25) is 0 Å². The fourth-order valence-electron chi connectivity index (χ4n) is 5.13. The molecule has 0 amide bonds. The van der Waals surface area contributed by atoms with Gasteiger partial charge in [0.15, 0.2) is 0 Å². The predicted octanol–water partition coefficient (Wildman–Crippen LogP) is 5.82. The number of halogens is 1. The summed E-state index contributed by atoms with van der Waals surface area (Å²) in [5, 5.41) is 11.9. The molecule has 5 rings (SSSR count). The van der Waals surface area contributed by atoms with Crippen molar-refractivity contribution in [2.24, 2.45) is 0 Å². The summed E-state index contributed by atoms with van der Waals surface area (Å²) < 4.78 is 11.0. The molecule has 1 N–H and O–H groups in total. The van der Waals surface area contributed by atoms with Gasteiger partial charge in [0.25, 0.3) is 0 Å². The van der Waals surface area contributed by atoms with Crippen LogP contribution in [0.1, 0.15) is 51.9 Å².